The maximum absolute atomic E-state index is 11.8. The molecule has 1 heterocycles. The fourth-order valence-electron chi connectivity index (χ4n) is 1.80. The van der Waals surface area contributed by atoms with Crippen molar-refractivity contribution >= 4 is 17.8 Å². The highest BCUT2D eigenvalue weighted by molar-refractivity contribution is 5.93. The van der Waals surface area contributed by atoms with Crippen molar-refractivity contribution in [1.82, 2.24) is 26.3 Å². The molecule has 8 heteroatoms. The number of hydrogen-bond acceptors (Lipinski definition) is 4. The number of hydrogen-bond donors (Lipinski definition) is 4. The average Bonchev–Trinajstić information content (AvgIpc) is 2.53. The monoisotopic (exact) mass is 334 g/mol. The molecule has 0 radical (unpaired) electrons. The molecule has 0 atom stereocenters. The van der Waals surface area contributed by atoms with Gasteiger partial charge >= 0.3 is 0 Å². The predicted molar refractivity (Wildman–Crippen MR) is 93.8 cm³/mol. The summed E-state index contributed by atoms with van der Waals surface area (Å²) in [6.07, 6.45) is 3.13. The molecule has 1 aromatic heterocycles. The second-order valence-corrected chi connectivity index (χ2v) is 6.15. The third kappa shape index (κ3) is 8.11. The van der Waals surface area contributed by atoms with Gasteiger partial charge in [0.15, 0.2) is 5.96 Å². The van der Waals surface area contributed by atoms with Gasteiger partial charge in [-0.15, -0.1) is 0 Å². The fourth-order valence-corrected chi connectivity index (χ4v) is 1.80. The minimum absolute atomic E-state index is 0.115. The Labute approximate surface area is 142 Å². The molecule has 24 heavy (non-hydrogen) atoms. The fraction of sp³-hybridized carbons (Fsp3) is 0.500. The first-order chi connectivity index (χ1) is 11.3. The van der Waals surface area contributed by atoms with Crippen molar-refractivity contribution in [2.24, 2.45) is 4.99 Å². The molecule has 0 saturated heterocycles. The van der Waals surface area contributed by atoms with Crippen LogP contribution >= 0.6 is 0 Å². The number of nitrogens with one attached hydrogen (secondary N) is 4. The summed E-state index contributed by atoms with van der Waals surface area (Å²) in [5.41, 5.74) is 0.241. The normalized spacial score (nSPS) is 11.6. The van der Waals surface area contributed by atoms with Crippen molar-refractivity contribution in [2.75, 3.05) is 26.7 Å². The number of guanidine groups is 1. The van der Waals surface area contributed by atoms with E-state index in [0.717, 1.165) is 0 Å². The quantitative estimate of drug-likeness (QED) is 0.330. The molecule has 2 amide bonds. The molecule has 0 spiro atoms. The lowest BCUT2D eigenvalue weighted by Crippen LogP contribution is -2.48. The Morgan fingerprint density at radius 3 is 2.46 bits per heavy atom. The smallest absolute Gasteiger partial charge is 0.252 e. The molecule has 1 rings (SSSR count). The number of carbonyl (C=O) groups is 2. The molecule has 8 nitrogen and oxygen atoms in total. The molecule has 0 aromatic carbocycles. The highest BCUT2D eigenvalue weighted by atomic mass is 16.2. The molecule has 1 aromatic rings. The zero-order valence-corrected chi connectivity index (χ0v) is 14.6. The lowest BCUT2D eigenvalue weighted by atomic mass is 10.1. The van der Waals surface area contributed by atoms with Crippen LogP contribution in [0.5, 0.6) is 0 Å². The Hall–Kier alpha value is -2.64. The summed E-state index contributed by atoms with van der Waals surface area (Å²) in [6.45, 7) is 6.78. The van der Waals surface area contributed by atoms with Gasteiger partial charge in [-0.05, 0) is 32.9 Å². The van der Waals surface area contributed by atoms with Crippen molar-refractivity contribution in [3.05, 3.63) is 30.1 Å². The van der Waals surface area contributed by atoms with Crippen LogP contribution in [0.15, 0.2) is 29.5 Å². The van der Waals surface area contributed by atoms with E-state index < -0.39 is 0 Å². The van der Waals surface area contributed by atoms with Crippen LogP contribution in [0.4, 0.5) is 0 Å². The van der Waals surface area contributed by atoms with E-state index in [1.165, 1.54) is 6.20 Å². The first kappa shape index (κ1) is 19.4. The van der Waals surface area contributed by atoms with Gasteiger partial charge in [0.25, 0.3) is 5.91 Å². The largest absolute Gasteiger partial charge is 0.355 e. The van der Waals surface area contributed by atoms with Gasteiger partial charge in [-0.25, -0.2) is 0 Å². The van der Waals surface area contributed by atoms with Gasteiger partial charge in [0.05, 0.1) is 12.1 Å². The van der Waals surface area contributed by atoms with E-state index in [9.17, 15) is 9.59 Å². The van der Waals surface area contributed by atoms with Crippen molar-refractivity contribution in [1.29, 1.82) is 0 Å². The molecule has 132 valence electrons. The van der Waals surface area contributed by atoms with Gasteiger partial charge in [-0.1, -0.05) is 0 Å². The lowest BCUT2D eigenvalue weighted by molar-refractivity contribution is -0.121. The zero-order valence-electron chi connectivity index (χ0n) is 14.6. The van der Waals surface area contributed by atoms with E-state index in [0.29, 0.717) is 24.6 Å². The molecule has 0 aliphatic rings. The molecule has 0 saturated carbocycles. The molecular formula is C16H26N6O2. The second kappa shape index (κ2) is 9.49. The molecule has 0 aliphatic carbocycles. The maximum atomic E-state index is 11.8. The van der Waals surface area contributed by atoms with Crippen LogP contribution in [-0.4, -0.2) is 55.0 Å². The number of aliphatic imine (C=N–C) groups is 1. The van der Waals surface area contributed by atoms with Crippen LogP contribution in [0.3, 0.4) is 0 Å². The Bertz CT molecular complexity index is 566. The molecule has 0 aliphatic heterocycles. The molecule has 0 bridgehead atoms. The standard InChI is InChI=1S/C16H26N6O2/c1-16(2,3)22-13(23)11-21-15(17-4)20-9-8-19-14(24)12-6-5-7-18-10-12/h5-7,10H,8-9,11H2,1-4H3,(H,19,24)(H,22,23)(H2,17,20,21). The number of rotatable bonds is 6. The Kier molecular flexibility index (Phi) is 7.67. The highest BCUT2D eigenvalue weighted by Gasteiger charge is 2.13. The van der Waals surface area contributed by atoms with E-state index in [4.69, 9.17) is 0 Å². The summed E-state index contributed by atoms with van der Waals surface area (Å²) in [5, 5.41) is 11.6. The minimum atomic E-state index is -0.272. The highest BCUT2D eigenvalue weighted by Crippen LogP contribution is 1.97. The molecule has 4 N–H and O–H groups in total. The topological polar surface area (TPSA) is 108 Å². The summed E-state index contributed by atoms with van der Waals surface area (Å²) in [4.78, 5) is 31.5. The zero-order chi connectivity index (χ0) is 18.0. The van der Waals surface area contributed by atoms with Crippen LogP contribution in [0.2, 0.25) is 0 Å². The van der Waals surface area contributed by atoms with Gasteiger partial charge in [0, 0.05) is 38.1 Å². The van der Waals surface area contributed by atoms with Crippen LogP contribution in [0.25, 0.3) is 0 Å². The summed E-state index contributed by atoms with van der Waals surface area (Å²) < 4.78 is 0. The number of carbonyl (C=O) groups excluding carboxylic acids is 2. The Morgan fingerprint density at radius 2 is 1.88 bits per heavy atom. The summed E-state index contributed by atoms with van der Waals surface area (Å²) in [6, 6.07) is 3.41. The third-order valence-electron chi connectivity index (χ3n) is 2.78. The van der Waals surface area contributed by atoms with Crippen molar-refractivity contribution in [3.63, 3.8) is 0 Å². The Balaban J connectivity index is 2.25. The summed E-state index contributed by atoms with van der Waals surface area (Å²) in [5.74, 6) is 0.197. The SMILES string of the molecule is CN=C(NCCNC(=O)c1cccnc1)NCC(=O)NC(C)(C)C. The van der Waals surface area contributed by atoms with Crippen molar-refractivity contribution < 1.29 is 9.59 Å². The lowest BCUT2D eigenvalue weighted by Gasteiger charge is -2.21. The van der Waals surface area contributed by atoms with Crippen LogP contribution in [-0.2, 0) is 4.79 Å². The van der Waals surface area contributed by atoms with E-state index in [1.54, 1.807) is 25.4 Å². The van der Waals surface area contributed by atoms with Gasteiger partial charge < -0.3 is 21.3 Å². The maximum Gasteiger partial charge on any atom is 0.252 e. The van der Waals surface area contributed by atoms with Gasteiger partial charge in [0.1, 0.15) is 0 Å². The van der Waals surface area contributed by atoms with Crippen LogP contribution in [0, 0.1) is 0 Å². The molecular weight excluding hydrogens is 308 g/mol. The van der Waals surface area contributed by atoms with E-state index in [1.807, 2.05) is 20.8 Å². The van der Waals surface area contributed by atoms with E-state index >= 15 is 0 Å². The second-order valence-electron chi connectivity index (χ2n) is 6.15. The Morgan fingerprint density at radius 1 is 1.17 bits per heavy atom. The number of amides is 2. The third-order valence-corrected chi connectivity index (χ3v) is 2.78. The molecule has 0 unspecified atom stereocenters. The van der Waals surface area contributed by atoms with E-state index in [-0.39, 0.29) is 23.9 Å². The number of pyridine rings is 1. The summed E-state index contributed by atoms with van der Waals surface area (Å²) in [7, 11) is 1.62. The predicted octanol–water partition coefficient (Wildman–Crippen LogP) is -0.109. The van der Waals surface area contributed by atoms with Gasteiger partial charge in [-0.3, -0.25) is 19.6 Å². The van der Waals surface area contributed by atoms with Crippen molar-refractivity contribution in [3.8, 4) is 0 Å². The van der Waals surface area contributed by atoms with Gasteiger partial charge in [0.2, 0.25) is 5.91 Å². The first-order valence-electron chi connectivity index (χ1n) is 7.75. The first-order valence-corrected chi connectivity index (χ1v) is 7.75. The van der Waals surface area contributed by atoms with Crippen molar-refractivity contribution in [2.45, 2.75) is 26.3 Å². The van der Waals surface area contributed by atoms with Crippen LogP contribution < -0.4 is 21.3 Å². The molecule has 0 fully saturated rings. The number of nitrogens with zero attached hydrogens (tertiary/aromatic N) is 2. The average molecular weight is 334 g/mol. The van der Waals surface area contributed by atoms with E-state index in [2.05, 4.69) is 31.2 Å². The minimum Gasteiger partial charge on any atom is -0.355 e. The number of aromatic nitrogens is 1. The summed E-state index contributed by atoms with van der Waals surface area (Å²) >= 11 is 0. The van der Waals surface area contributed by atoms with Crippen LogP contribution in [0.1, 0.15) is 31.1 Å². The van der Waals surface area contributed by atoms with Gasteiger partial charge in [-0.2, -0.15) is 0 Å².